The van der Waals surface area contributed by atoms with Gasteiger partial charge in [-0.1, -0.05) is 40.7 Å². The van der Waals surface area contributed by atoms with E-state index in [4.69, 9.17) is 9.15 Å². The Labute approximate surface area is 282 Å². The van der Waals surface area contributed by atoms with Crippen LogP contribution in [-0.4, -0.2) is 83.5 Å². The quantitative estimate of drug-likeness (QED) is 0.151. The van der Waals surface area contributed by atoms with Gasteiger partial charge in [-0.2, -0.15) is 0 Å². The number of aryl methyl sites for hydroxylation is 2. The Morgan fingerprint density at radius 3 is 2.21 bits per heavy atom. The number of hydrogen-bond donors (Lipinski definition) is 5. The minimum Gasteiger partial charge on any atom is -0.446 e. The number of carbonyl (C=O) groups is 4. The maximum atomic E-state index is 13.4. The van der Waals surface area contributed by atoms with Gasteiger partial charge in [-0.25, -0.2) is 18.2 Å². The summed E-state index contributed by atoms with van der Waals surface area (Å²) in [7, 11) is -3.75. The van der Waals surface area contributed by atoms with Crippen LogP contribution in [0.25, 0.3) is 0 Å². The second kappa shape index (κ2) is 18.5. The predicted molar refractivity (Wildman–Crippen MR) is 177 cm³/mol. The highest BCUT2D eigenvalue weighted by Gasteiger charge is 2.33. The van der Waals surface area contributed by atoms with Gasteiger partial charge in [0, 0.05) is 38.0 Å². The van der Waals surface area contributed by atoms with Crippen LogP contribution in [0.3, 0.4) is 0 Å². The average Bonchev–Trinajstić information content (AvgIpc) is 3.32. The van der Waals surface area contributed by atoms with Crippen molar-refractivity contribution in [3.8, 4) is 0 Å². The van der Waals surface area contributed by atoms with Gasteiger partial charge in [0.25, 0.3) is 0 Å². The van der Waals surface area contributed by atoms with E-state index in [1.165, 1.54) is 0 Å². The third-order valence-corrected chi connectivity index (χ3v) is 8.35. The molecule has 2 aromatic heterocycles. The van der Waals surface area contributed by atoms with E-state index in [1.807, 2.05) is 19.9 Å². The van der Waals surface area contributed by atoms with Crippen molar-refractivity contribution in [3.63, 3.8) is 0 Å². The topological polar surface area (TPSA) is 219 Å². The first-order valence-corrected chi connectivity index (χ1v) is 17.9. The van der Waals surface area contributed by atoms with Crippen LogP contribution in [0.1, 0.15) is 70.4 Å². The van der Waals surface area contributed by atoms with Crippen LogP contribution in [0.5, 0.6) is 0 Å². The molecule has 0 bridgehead atoms. The zero-order chi connectivity index (χ0) is 36.2. The van der Waals surface area contributed by atoms with Crippen molar-refractivity contribution >= 4 is 33.7 Å². The van der Waals surface area contributed by atoms with Crippen LogP contribution < -0.4 is 21.3 Å². The number of nitrogens with one attached hydrogen (secondary N) is 4. The Morgan fingerprint density at radius 1 is 0.979 bits per heavy atom. The van der Waals surface area contributed by atoms with E-state index in [2.05, 4.69) is 31.2 Å². The first-order valence-electron chi connectivity index (χ1n) is 15.9. The van der Waals surface area contributed by atoms with E-state index in [0.29, 0.717) is 17.3 Å². The lowest BCUT2D eigenvalue weighted by molar-refractivity contribution is -0.132. The lowest BCUT2D eigenvalue weighted by atomic mass is 9.91. The summed E-state index contributed by atoms with van der Waals surface area (Å²) in [6, 6.07) is 0.314. The third kappa shape index (κ3) is 14.0. The SMILES string of the molecule is Cc1nc(COC(=O)NC(CS(C)(=O)=O)C(=O)N[C@H](CC(C)C)[C@@H](O)C[C@@H](C)C(=O)N[C@@H](C(=O)NCc2cccnc2)C(C)C)c(C)o1. The molecule has 5 atom stereocenters. The molecule has 48 heavy (non-hydrogen) atoms. The first kappa shape index (κ1) is 40.1. The molecule has 0 aromatic carbocycles. The van der Waals surface area contributed by atoms with Crippen molar-refractivity contribution in [3.05, 3.63) is 47.4 Å². The normalized spacial score (nSPS) is 14.8. The summed E-state index contributed by atoms with van der Waals surface area (Å²) in [4.78, 5) is 60.1. The molecule has 0 saturated heterocycles. The second-order valence-electron chi connectivity index (χ2n) is 12.9. The summed E-state index contributed by atoms with van der Waals surface area (Å²) in [6.07, 6.45) is 2.12. The molecule has 2 rings (SSSR count). The van der Waals surface area contributed by atoms with E-state index >= 15 is 0 Å². The monoisotopic (exact) mass is 694 g/mol. The number of nitrogens with zero attached hydrogens (tertiary/aromatic N) is 2. The Bertz CT molecular complexity index is 1480. The molecule has 0 aliphatic rings. The Kier molecular flexibility index (Phi) is 15.5. The molecule has 5 N–H and O–H groups in total. The smallest absolute Gasteiger partial charge is 0.408 e. The summed E-state index contributed by atoms with van der Waals surface area (Å²) < 4.78 is 34.7. The fourth-order valence-corrected chi connectivity index (χ4v) is 5.72. The minimum atomic E-state index is -3.75. The number of aliphatic hydroxyl groups is 1. The van der Waals surface area contributed by atoms with Crippen LogP contribution >= 0.6 is 0 Å². The van der Waals surface area contributed by atoms with Gasteiger partial charge in [0.1, 0.15) is 40.0 Å². The number of alkyl carbamates (subject to hydrolysis) is 1. The van der Waals surface area contributed by atoms with Crippen LogP contribution in [0, 0.1) is 31.6 Å². The van der Waals surface area contributed by atoms with Crippen molar-refractivity contribution in [1.82, 2.24) is 31.2 Å². The number of oxazole rings is 1. The van der Waals surface area contributed by atoms with E-state index in [-0.39, 0.29) is 43.7 Å². The predicted octanol–water partition coefficient (Wildman–Crippen LogP) is 1.70. The molecule has 0 aliphatic carbocycles. The first-order chi connectivity index (χ1) is 22.4. The summed E-state index contributed by atoms with van der Waals surface area (Å²) in [5, 5.41) is 21.7. The maximum Gasteiger partial charge on any atom is 0.408 e. The van der Waals surface area contributed by atoms with E-state index in [1.54, 1.807) is 53.1 Å². The molecule has 16 heteroatoms. The molecule has 0 aliphatic heterocycles. The van der Waals surface area contributed by atoms with Crippen molar-refractivity contribution in [1.29, 1.82) is 0 Å². The number of aromatic nitrogens is 2. The van der Waals surface area contributed by atoms with Crippen molar-refractivity contribution in [2.75, 3.05) is 12.0 Å². The van der Waals surface area contributed by atoms with Crippen molar-refractivity contribution < 1.29 is 41.9 Å². The zero-order valence-corrected chi connectivity index (χ0v) is 29.7. The van der Waals surface area contributed by atoms with Crippen LogP contribution in [-0.2, 0) is 42.1 Å². The highest BCUT2D eigenvalue weighted by atomic mass is 32.2. The number of sulfone groups is 1. The minimum absolute atomic E-state index is 0.0108. The van der Waals surface area contributed by atoms with Gasteiger partial charge in [0.15, 0.2) is 5.89 Å². The van der Waals surface area contributed by atoms with Crippen LogP contribution in [0.4, 0.5) is 4.79 Å². The van der Waals surface area contributed by atoms with Gasteiger partial charge in [-0.15, -0.1) is 0 Å². The summed E-state index contributed by atoms with van der Waals surface area (Å²) in [5.74, 6) is -2.58. The van der Waals surface area contributed by atoms with Gasteiger partial charge >= 0.3 is 6.09 Å². The third-order valence-electron chi connectivity index (χ3n) is 7.41. The van der Waals surface area contributed by atoms with Crippen LogP contribution in [0.15, 0.2) is 28.9 Å². The molecule has 0 saturated carbocycles. The standard InChI is InChI=1S/C32H50N6O9S/c1-18(2)12-24(36-30(41)26(17-48(8,44)45)37-32(43)46-16-25-21(6)47-22(7)35-25)27(39)13-20(5)29(40)38-28(19(3)4)31(42)34-15-23-10-9-11-33-14-23/h9-11,14,18-20,24,26-28,39H,12-13,15-17H2,1-8H3,(H,34,42)(H,36,41)(H,37,43)(H,38,40)/t20-,24-,26?,27+,28-/m1/s1. The fourth-order valence-electron chi connectivity index (χ4n) is 4.88. The van der Waals surface area contributed by atoms with E-state index < -0.39 is 63.6 Å². The Morgan fingerprint density at radius 2 is 1.67 bits per heavy atom. The van der Waals surface area contributed by atoms with Crippen molar-refractivity contribution in [2.45, 2.75) is 98.7 Å². The number of ether oxygens (including phenoxy) is 1. The molecular weight excluding hydrogens is 644 g/mol. The van der Waals surface area contributed by atoms with E-state index in [0.717, 1.165) is 11.8 Å². The van der Waals surface area contributed by atoms with E-state index in [9.17, 15) is 32.7 Å². The number of hydrogen-bond acceptors (Lipinski definition) is 11. The Hall–Kier alpha value is -4.05. The molecule has 0 fully saturated rings. The fraction of sp³-hybridized carbons (Fsp3) is 0.625. The Balaban J connectivity index is 2.07. The van der Waals surface area contributed by atoms with Crippen LogP contribution in [0.2, 0.25) is 0 Å². The molecule has 2 aromatic rings. The summed E-state index contributed by atoms with van der Waals surface area (Å²) >= 11 is 0. The van der Waals surface area contributed by atoms with Gasteiger partial charge in [0.2, 0.25) is 17.7 Å². The molecule has 2 heterocycles. The number of pyridine rings is 1. The van der Waals surface area contributed by atoms with Gasteiger partial charge in [-0.05, 0) is 43.2 Å². The zero-order valence-electron chi connectivity index (χ0n) is 28.9. The van der Waals surface area contributed by atoms with Gasteiger partial charge in [0.05, 0.1) is 17.9 Å². The highest BCUT2D eigenvalue weighted by molar-refractivity contribution is 7.90. The molecule has 0 spiro atoms. The summed E-state index contributed by atoms with van der Waals surface area (Å²) in [6.45, 7) is 12.2. The number of carbonyl (C=O) groups excluding carboxylic acids is 4. The molecule has 0 radical (unpaired) electrons. The molecule has 15 nitrogen and oxygen atoms in total. The lowest BCUT2D eigenvalue weighted by Gasteiger charge is -2.30. The number of aliphatic hydroxyl groups excluding tert-OH is 1. The van der Waals surface area contributed by atoms with Gasteiger partial charge in [-0.3, -0.25) is 19.4 Å². The summed E-state index contributed by atoms with van der Waals surface area (Å²) in [5.41, 5.74) is 1.17. The van der Waals surface area contributed by atoms with Gasteiger partial charge < -0.3 is 35.5 Å². The number of rotatable bonds is 18. The second-order valence-corrected chi connectivity index (χ2v) is 15.0. The largest absolute Gasteiger partial charge is 0.446 e. The molecular formula is C32H50N6O9S. The number of amides is 4. The maximum absolute atomic E-state index is 13.4. The molecule has 1 unspecified atom stereocenters. The molecule has 4 amide bonds. The molecule has 268 valence electrons. The highest BCUT2D eigenvalue weighted by Crippen LogP contribution is 2.17. The lowest BCUT2D eigenvalue weighted by Crippen LogP contribution is -2.55. The average molecular weight is 695 g/mol. The van der Waals surface area contributed by atoms with Crippen molar-refractivity contribution in [2.24, 2.45) is 17.8 Å².